The molecule has 0 aromatic carbocycles. The Labute approximate surface area is 170 Å². The number of rotatable bonds is 6. The molecule has 2 N–H and O–H groups in total. The van der Waals surface area contributed by atoms with Crippen LogP contribution in [-0.2, 0) is 6.54 Å². The zero-order valence-corrected chi connectivity index (χ0v) is 16.2. The monoisotopic (exact) mass is 415 g/mol. The van der Waals surface area contributed by atoms with E-state index in [1.807, 2.05) is 6.92 Å². The minimum atomic E-state index is -2.94. The van der Waals surface area contributed by atoms with Crippen molar-refractivity contribution < 1.29 is 23.7 Å². The summed E-state index contributed by atoms with van der Waals surface area (Å²) < 4.78 is 32.5. The van der Waals surface area contributed by atoms with Crippen LogP contribution >= 0.6 is 0 Å². The van der Waals surface area contributed by atoms with Gasteiger partial charge < -0.3 is 14.9 Å². The van der Waals surface area contributed by atoms with Gasteiger partial charge in [0.05, 0.1) is 47.3 Å². The van der Waals surface area contributed by atoms with E-state index in [2.05, 4.69) is 19.8 Å². The molecule has 4 rings (SSSR count). The van der Waals surface area contributed by atoms with Gasteiger partial charge in [-0.1, -0.05) is 0 Å². The molecular weight excluding hydrogens is 396 g/mol. The molecule has 4 heterocycles. The number of aryl methyl sites for hydroxylation is 1. The lowest BCUT2D eigenvalue weighted by Gasteiger charge is -2.07. The summed E-state index contributed by atoms with van der Waals surface area (Å²) in [6.07, 6.45) is 7.10. The average Bonchev–Trinajstić information content (AvgIpc) is 3.25. The molecule has 0 radical (unpaired) electrons. The van der Waals surface area contributed by atoms with Gasteiger partial charge >= 0.3 is 6.61 Å². The fraction of sp³-hybridized carbons (Fsp3) is 0.250. The van der Waals surface area contributed by atoms with E-state index in [0.717, 1.165) is 5.56 Å². The summed E-state index contributed by atoms with van der Waals surface area (Å²) in [7, 11) is 0. The summed E-state index contributed by atoms with van der Waals surface area (Å²) in [5.41, 5.74) is 2.90. The van der Waals surface area contributed by atoms with Crippen molar-refractivity contribution in [3.8, 4) is 28.6 Å². The SMILES string of the molecule is Cc1cc(-c2cncc(OC(F)F)c2)nc2cn(-c3cnn(C[C@@H](C)O)c3)c(O)c12. The van der Waals surface area contributed by atoms with Crippen molar-refractivity contribution in [2.75, 3.05) is 0 Å². The van der Waals surface area contributed by atoms with E-state index < -0.39 is 12.7 Å². The first-order valence-corrected chi connectivity index (χ1v) is 9.14. The standard InChI is InChI=1S/C20H19F2N5O3/c1-11-3-16(13-4-15(7-23-5-13)30-20(21)22)25-17-10-27(19(29)18(11)17)14-6-24-26(9-14)8-12(2)28/h3-7,9-10,12,20,28-29H,8H2,1-2H3/t12-/m1/s1. The maximum Gasteiger partial charge on any atom is 0.387 e. The topological polar surface area (TPSA) is 98.2 Å². The summed E-state index contributed by atoms with van der Waals surface area (Å²) in [5.74, 6) is -0.0564. The molecule has 0 fully saturated rings. The zero-order chi connectivity index (χ0) is 21.4. The van der Waals surface area contributed by atoms with E-state index in [1.165, 1.54) is 18.5 Å². The fourth-order valence-corrected chi connectivity index (χ4v) is 3.30. The molecule has 4 aromatic rings. The second-order valence-electron chi connectivity index (χ2n) is 6.96. The molecule has 1 atom stereocenters. The maximum atomic E-state index is 12.5. The second-order valence-corrected chi connectivity index (χ2v) is 6.96. The van der Waals surface area contributed by atoms with Gasteiger partial charge in [-0.05, 0) is 31.5 Å². The minimum absolute atomic E-state index is 0.00561. The van der Waals surface area contributed by atoms with Gasteiger partial charge in [0.2, 0.25) is 5.88 Å². The molecular formula is C20H19F2N5O3. The Hall–Kier alpha value is -3.53. The van der Waals surface area contributed by atoms with Crippen molar-refractivity contribution in [2.45, 2.75) is 33.1 Å². The molecule has 8 nitrogen and oxygen atoms in total. The van der Waals surface area contributed by atoms with Gasteiger partial charge in [-0.25, -0.2) is 4.98 Å². The Kier molecular flexibility index (Phi) is 5.08. The third-order valence-electron chi connectivity index (χ3n) is 4.53. The van der Waals surface area contributed by atoms with Crippen LogP contribution < -0.4 is 4.74 Å². The number of nitrogens with zero attached hydrogens (tertiary/aromatic N) is 5. The Morgan fingerprint density at radius 3 is 2.70 bits per heavy atom. The van der Waals surface area contributed by atoms with Crippen LogP contribution in [-0.4, -0.2) is 47.2 Å². The van der Waals surface area contributed by atoms with Gasteiger partial charge in [-0.15, -0.1) is 0 Å². The summed E-state index contributed by atoms with van der Waals surface area (Å²) in [5, 5.41) is 25.0. The second kappa shape index (κ2) is 7.71. The molecule has 0 bridgehead atoms. The normalized spacial score (nSPS) is 12.6. The highest BCUT2D eigenvalue weighted by atomic mass is 19.3. The Morgan fingerprint density at radius 2 is 1.97 bits per heavy atom. The smallest absolute Gasteiger partial charge is 0.387 e. The lowest BCUT2D eigenvalue weighted by Crippen LogP contribution is -2.11. The van der Waals surface area contributed by atoms with Crippen LogP contribution in [0.1, 0.15) is 12.5 Å². The van der Waals surface area contributed by atoms with Crippen LogP contribution in [0.4, 0.5) is 8.78 Å². The van der Waals surface area contributed by atoms with Gasteiger partial charge in [-0.2, -0.15) is 13.9 Å². The first kappa shape index (κ1) is 19.8. The third kappa shape index (κ3) is 3.81. The van der Waals surface area contributed by atoms with E-state index in [4.69, 9.17) is 0 Å². The van der Waals surface area contributed by atoms with Crippen molar-refractivity contribution in [3.63, 3.8) is 0 Å². The number of aromatic hydroxyl groups is 1. The van der Waals surface area contributed by atoms with Crippen molar-refractivity contribution >= 4 is 10.9 Å². The third-order valence-corrected chi connectivity index (χ3v) is 4.53. The largest absolute Gasteiger partial charge is 0.494 e. The molecule has 0 amide bonds. The average molecular weight is 415 g/mol. The maximum absolute atomic E-state index is 12.5. The molecule has 0 saturated heterocycles. The highest BCUT2D eigenvalue weighted by Crippen LogP contribution is 2.34. The summed E-state index contributed by atoms with van der Waals surface area (Å²) >= 11 is 0. The quantitative estimate of drug-likeness (QED) is 0.502. The summed E-state index contributed by atoms with van der Waals surface area (Å²) in [6.45, 7) is 0.863. The molecule has 0 aliphatic heterocycles. The van der Waals surface area contributed by atoms with Crippen LogP contribution in [0.15, 0.2) is 43.1 Å². The molecule has 0 saturated carbocycles. The molecule has 156 valence electrons. The first-order chi connectivity index (χ1) is 14.3. The van der Waals surface area contributed by atoms with Crippen molar-refractivity contribution in [2.24, 2.45) is 0 Å². The number of aromatic nitrogens is 5. The van der Waals surface area contributed by atoms with Gasteiger partial charge in [0.1, 0.15) is 5.75 Å². The van der Waals surface area contributed by atoms with Crippen LogP contribution in [0.3, 0.4) is 0 Å². The number of ether oxygens (including phenoxy) is 1. The predicted octanol–water partition coefficient (Wildman–Crippen LogP) is 3.28. The van der Waals surface area contributed by atoms with E-state index in [-0.39, 0.29) is 11.6 Å². The van der Waals surface area contributed by atoms with E-state index >= 15 is 0 Å². The highest BCUT2D eigenvalue weighted by Gasteiger charge is 2.17. The van der Waals surface area contributed by atoms with Crippen molar-refractivity contribution in [1.29, 1.82) is 0 Å². The van der Waals surface area contributed by atoms with Crippen LogP contribution in [0, 0.1) is 6.92 Å². The highest BCUT2D eigenvalue weighted by molar-refractivity contribution is 5.90. The van der Waals surface area contributed by atoms with Crippen LogP contribution in [0.2, 0.25) is 0 Å². The van der Waals surface area contributed by atoms with Crippen LogP contribution in [0.5, 0.6) is 11.6 Å². The number of alkyl halides is 2. The van der Waals surface area contributed by atoms with Crippen molar-refractivity contribution in [1.82, 2.24) is 24.3 Å². The number of aliphatic hydroxyl groups is 1. The van der Waals surface area contributed by atoms with Gasteiger partial charge in [-0.3, -0.25) is 14.2 Å². The Balaban J connectivity index is 1.75. The molecule has 10 heteroatoms. The van der Waals surface area contributed by atoms with Crippen molar-refractivity contribution in [3.05, 3.63) is 48.7 Å². The fourth-order valence-electron chi connectivity index (χ4n) is 3.30. The van der Waals surface area contributed by atoms with Gasteiger partial charge in [0.25, 0.3) is 0 Å². The lowest BCUT2D eigenvalue weighted by molar-refractivity contribution is -0.0500. The Morgan fingerprint density at radius 1 is 1.17 bits per heavy atom. The molecule has 4 aromatic heterocycles. The summed E-state index contributed by atoms with van der Waals surface area (Å²) in [4.78, 5) is 8.49. The predicted molar refractivity (Wildman–Crippen MR) is 105 cm³/mol. The number of fused-ring (bicyclic) bond motifs is 1. The van der Waals surface area contributed by atoms with E-state index in [1.54, 1.807) is 40.8 Å². The molecule has 0 unspecified atom stereocenters. The zero-order valence-electron chi connectivity index (χ0n) is 16.2. The lowest BCUT2D eigenvalue weighted by atomic mass is 10.1. The molecule has 0 aliphatic carbocycles. The number of hydrogen-bond donors (Lipinski definition) is 2. The first-order valence-electron chi connectivity index (χ1n) is 9.14. The molecule has 30 heavy (non-hydrogen) atoms. The number of hydrogen-bond acceptors (Lipinski definition) is 6. The van der Waals surface area contributed by atoms with Crippen LogP contribution in [0.25, 0.3) is 27.8 Å². The number of aliphatic hydroxyl groups excluding tert-OH is 1. The molecule has 0 aliphatic rings. The van der Waals surface area contributed by atoms with Gasteiger partial charge in [0, 0.05) is 24.2 Å². The number of pyridine rings is 2. The van der Waals surface area contributed by atoms with Gasteiger partial charge in [0.15, 0.2) is 0 Å². The Bertz CT molecular complexity index is 1200. The molecule has 0 spiro atoms. The van der Waals surface area contributed by atoms with E-state index in [0.29, 0.717) is 34.4 Å². The van der Waals surface area contributed by atoms with E-state index in [9.17, 15) is 19.0 Å². The number of halogens is 2. The summed E-state index contributed by atoms with van der Waals surface area (Å²) in [6, 6.07) is 3.18. The minimum Gasteiger partial charge on any atom is -0.494 e.